The number of halogens is 4. The maximum absolute atomic E-state index is 12.6. The van der Waals surface area contributed by atoms with Gasteiger partial charge in [0.15, 0.2) is 0 Å². The first-order chi connectivity index (χ1) is 8.91. The Morgan fingerprint density at radius 3 is 2.26 bits per heavy atom. The minimum absolute atomic E-state index is 0.0732. The predicted octanol–water partition coefficient (Wildman–Crippen LogP) is 3.60. The van der Waals surface area contributed by atoms with Crippen molar-refractivity contribution in [2.75, 3.05) is 18.4 Å². The van der Waals surface area contributed by atoms with Gasteiger partial charge in [-0.25, -0.2) is 0 Å². The molecule has 1 saturated heterocycles. The van der Waals surface area contributed by atoms with Crippen molar-refractivity contribution in [2.45, 2.75) is 38.3 Å². The van der Waals surface area contributed by atoms with E-state index >= 15 is 0 Å². The summed E-state index contributed by atoms with van der Waals surface area (Å²) in [5, 5.41) is 0.887. The molecule has 0 radical (unpaired) electrons. The maximum atomic E-state index is 12.6. The number of hydrogen-bond acceptors (Lipinski definition) is 1. The number of nitrogens with zero attached hydrogens (tertiary/aromatic N) is 1. The molecule has 0 aromatic carbocycles. The molecule has 1 aliphatic heterocycles. The summed E-state index contributed by atoms with van der Waals surface area (Å²) in [4.78, 5) is 14.1. The minimum atomic E-state index is -4.09. The van der Waals surface area contributed by atoms with Gasteiger partial charge in [-0.15, -0.1) is 0 Å². The molecule has 0 N–H and O–H groups in total. The van der Waals surface area contributed by atoms with E-state index < -0.39 is 12.1 Å². The van der Waals surface area contributed by atoms with Crippen LogP contribution in [-0.2, 0) is 4.79 Å². The Morgan fingerprint density at radius 1 is 1.16 bits per heavy atom. The third-order valence-corrected chi connectivity index (χ3v) is 5.27. The van der Waals surface area contributed by atoms with E-state index in [-0.39, 0.29) is 24.7 Å². The van der Waals surface area contributed by atoms with E-state index in [1.54, 1.807) is 0 Å². The lowest BCUT2D eigenvalue weighted by atomic mass is 9.81. The zero-order valence-electron chi connectivity index (χ0n) is 10.8. The monoisotopic (exact) mass is 341 g/mol. The maximum Gasteiger partial charge on any atom is 0.391 e. The standard InChI is InChI=1S/C13H19BrF3NO/c14-7-9-5-6-18(8-9)12(19)10-1-3-11(4-2-10)13(15,16)17/h9-11H,1-8H2. The van der Waals surface area contributed by atoms with Gasteiger partial charge in [-0.3, -0.25) is 4.79 Å². The number of rotatable bonds is 2. The fourth-order valence-corrected chi connectivity index (χ4v) is 3.61. The molecule has 0 aromatic heterocycles. The highest BCUT2D eigenvalue weighted by atomic mass is 79.9. The largest absolute Gasteiger partial charge is 0.391 e. The molecule has 1 atom stereocenters. The molecule has 2 nitrogen and oxygen atoms in total. The molecule has 1 amide bonds. The van der Waals surface area contributed by atoms with Gasteiger partial charge in [-0.1, -0.05) is 15.9 Å². The molecule has 1 heterocycles. The molecule has 1 unspecified atom stereocenters. The highest BCUT2D eigenvalue weighted by molar-refractivity contribution is 9.09. The van der Waals surface area contributed by atoms with Crippen molar-refractivity contribution in [3.8, 4) is 0 Å². The topological polar surface area (TPSA) is 20.3 Å². The quantitative estimate of drug-likeness (QED) is 0.703. The summed E-state index contributed by atoms with van der Waals surface area (Å²) in [5.74, 6) is -0.822. The summed E-state index contributed by atoms with van der Waals surface area (Å²) < 4.78 is 37.7. The Kier molecular flexibility index (Phi) is 4.79. The van der Waals surface area contributed by atoms with Crippen molar-refractivity contribution in [2.24, 2.45) is 17.8 Å². The van der Waals surface area contributed by atoms with Gasteiger partial charge < -0.3 is 4.90 Å². The summed E-state index contributed by atoms with van der Waals surface area (Å²) in [5.41, 5.74) is 0. The van der Waals surface area contributed by atoms with E-state index in [0.717, 1.165) is 24.8 Å². The van der Waals surface area contributed by atoms with Gasteiger partial charge in [-0.2, -0.15) is 13.2 Å². The van der Waals surface area contributed by atoms with Crippen molar-refractivity contribution < 1.29 is 18.0 Å². The molecule has 2 fully saturated rings. The fourth-order valence-electron chi connectivity index (χ4n) is 3.08. The van der Waals surface area contributed by atoms with Gasteiger partial charge in [0.2, 0.25) is 5.91 Å². The van der Waals surface area contributed by atoms with Crippen LogP contribution in [0.3, 0.4) is 0 Å². The van der Waals surface area contributed by atoms with Gasteiger partial charge in [0, 0.05) is 24.3 Å². The summed E-state index contributed by atoms with van der Waals surface area (Å²) in [6, 6.07) is 0. The lowest BCUT2D eigenvalue weighted by molar-refractivity contribution is -0.185. The van der Waals surface area contributed by atoms with Crippen LogP contribution in [0, 0.1) is 17.8 Å². The average Bonchev–Trinajstić information content (AvgIpc) is 2.86. The normalized spacial score (nSPS) is 32.6. The second kappa shape index (κ2) is 6.02. The number of alkyl halides is 4. The Morgan fingerprint density at radius 2 is 1.79 bits per heavy atom. The van der Waals surface area contributed by atoms with E-state index in [9.17, 15) is 18.0 Å². The lowest BCUT2D eigenvalue weighted by Gasteiger charge is -2.31. The third kappa shape index (κ3) is 3.64. The van der Waals surface area contributed by atoms with Crippen LogP contribution in [0.5, 0.6) is 0 Å². The Hall–Kier alpha value is -0.260. The van der Waals surface area contributed by atoms with Crippen LogP contribution in [0.15, 0.2) is 0 Å². The third-order valence-electron chi connectivity index (χ3n) is 4.36. The molecular weight excluding hydrogens is 323 g/mol. The first-order valence-corrected chi connectivity index (χ1v) is 7.95. The van der Waals surface area contributed by atoms with Crippen molar-refractivity contribution in [1.82, 2.24) is 4.90 Å². The van der Waals surface area contributed by atoms with Crippen LogP contribution in [0.2, 0.25) is 0 Å². The lowest BCUT2D eigenvalue weighted by Crippen LogP contribution is -2.38. The van der Waals surface area contributed by atoms with E-state index in [0.29, 0.717) is 18.8 Å². The van der Waals surface area contributed by atoms with Crippen molar-refractivity contribution in [3.63, 3.8) is 0 Å². The van der Waals surface area contributed by atoms with Gasteiger partial charge in [0.25, 0.3) is 0 Å². The number of carbonyl (C=O) groups excluding carboxylic acids is 1. The Labute approximate surface area is 119 Å². The van der Waals surface area contributed by atoms with Crippen LogP contribution in [0.25, 0.3) is 0 Å². The molecule has 19 heavy (non-hydrogen) atoms. The zero-order valence-corrected chi connectivity index (χ0v) is 12.3. The summed E-state index contributed by atoms with van der Waals surface area (Å²) in [7, 11) is 0. The van der Waals surface area contributed by atoms with Gasteiger partial charge in [0.05, 0.1) is 5.92 Å². The molecule has 1 saturated carbocycles. The number of hydrogen-bond donors (Lipinski definition) is 0. The number of carbonyl (C=O) groups is 1. The van der Waals surface area contributed by atoms with E-state index in [2.05, 4.69) is 15.9 Å². The molecule has 0 aromatic rings. The van der Waals surface area contributed by atoms with E-state index in [4.69, 9.17) is 0 Å². The highest BCUT2D eigenvalue weighted by Gasteiger charge is 2.43. The van der Waals surface area contributed by atoms with E-state index in [1.165, 1.54) is 0 Å². The molecular formula is C13H19BrF3NO. The van der Waals surface area contributed by atoms with Crippen LogP contribution in [-0.4, -0.2) is 35.4 Å². The second-order valence-electron chi connectivity index (χ2n) is 5.68. The smallest absolute Gasteiger partial charge is 0.342 e. The highest BCUT2D eigenvalue weighted by Crippen LogP contribution is 2.40. The summed E-state index contributed by atoms with van der Waals surface area (Å²) in [6.45, 7) is 1.51. The minimum Gasteiger partial charge on any atom is -0.342 e. The molecule has 0 bridgehead atoms. The van der Waals surface area contributed by atoms with Crippen molar-refractivity contribution >= 4 is 21.8 Å². The first kappa shape index (κ1) is 15.1. The molecule has 0 spiro atoms. The fraction of sp³-hybridized carbons (Fsp3) is 0.923. The van der Waals surface area contributed by atoms with Crippen LogP contribution < -0.4 is 0 Å². The molecule has 1 aliphatic carbocycles. The Bertz CT molecular complexity index is 326. The summed E-state index contributed by atoms with van der Waals surface area (Å²) >= 11 is 3.42. The van der Waals surface area contributed by atoms with Crippen LogP contribution in [0.1, 0.15) is 32.1 Å². The Balaban J connectivity index is 1.83. The van der Waals surface area contributed by atoms with Gasteiger partial charge in [-0.05, 0) is 38.0 Å². The predicted molar refractivity (Wildman–Crippen MR) is 70.0 cm³/mol. The van der Waals surface area contributed by atoms with Crippen LogP contribution in [0.4, 0.5) is 13.2 Å². The molecule has 2 rings (SSSR count). The van der Waals surface area contributed by atoms with Gasteiger partial charge >= 0.3 is 6.18 Å². The van der Waals surface area contributed by atoms with Crippen molar-refractivity contribution in [1.29, 1.82) is 0 Å². The van der Waals surface area contributed by atoms with Crippen molar-refractivity contribution in [3.05, 3.63) is 0 Å². The molecule has 110 valence electrons. The second-order valence-corrected chi connectivity index (χ2v) is 6.33. The first-order valence-electron chi connectivity index (χ1n) is 6.83. The number of amides is 1. The zero-order chi connectivity index (χ0) is 14.0. The SMILES string of the molecule is O=C(C1CCC(C(F)(F)F)CC1)N1CCC(CBr)C1. The summed E-state index contributed by atoms with van der Waals surface area (Å²) in [6.07, 6.45) is -2.11. The van der Waals surface area contributed by atoms with Gasteiger partial charge in [0.1, 0.15) is 0 Å². The number of likely N-dealkylation sites (tertiary alicyclic amines) is 1. The molecule has 2 aliphatic rings. The average molecular weight is 342 g/mol. The van der Waals surface area contributed by atoms with Crippen LogP contribution >= 0.6 is 15.9 Å². The van der Waals surface area contributed by atoms with E-state index in [1.807, 2.05) is 4.90 Å². The molecule has 6 heteroatoms.